The van der Waals surface area contributed by atoms with Crippen molar-refractivity contribution in [2.75, 3.05) is 6.61 Å². The van der Waals surface area contributed by atoms with Crippen LogP contribution in [-0.4, -0.2) is 49.6 Å². The van der Waals surface area contributed by atoms with Gasteiger partial charge in [-0.15, -0.1) is 0 Å². The number of carbonyl (C=O) groups is 3. The Kier molecular flexibility index (Phi) is 7.17. The number of benzene rings is 3. The van der Waals surface area contributed by atoms with E-state index in [0.717, 1.165) is 11.1 Å². The number of nitrogens with zero attached hydrogens (tertiary/aromatic N) is 1. The van der Waals surface area contributed by atoms with Gasteiger partial charge in [-0.3, -0.25) is 18.7 Å². The lowest BCUT2D eigenvalue weighted by atomic mass is 9.77. The normalized spacial score (nSPS) is 24.2. The summed E-state index contributed by atoms with van der Waals surface area (Å²) in [5.74, 6) is -1.97. The lowest BCUT2D eigenvalue weighted by molar-refractivity contribution is -0.146. The second kappa shape index (κ2) is 10.8. The fourth-order valence-corrected chi connectivity index (χ4v) is 6.42. The second-order valence-electron chi connectivity index (χ2n) is 10.5. The summed E-state index contributed by atoms with van der Waals surface area (Å²) in [6.45, 7) is 1.51. The molecule has 3 heterocycles. The van der Waals surface area contributed by atoms with Gasteiger partial charge in [0.25, 0.3) is 10.1 Å². The maximum absolute atomic E-state index is 13.3. The first-order valence-corrected chi connectivity index (χ1v) is 14.7. The van der Waals surface area contributed by atoms with Crippen molar-refractivity contribution in [1.82, 2.24) is 4.90 Å². The number of hydrogen-bond acceptors (Lipinski definition) is 9. The third-order valence-electron chi connectivity index (χ3n) is 7.66. The van der Waals surface area contributed by atoms with E-state index in [4.69, 9.17) is 18.4 Å². The maximum Gasteiger partial charge on any atom is 0.513 e. The predicted molar refractivity (Wildman–Crippen MR) is 147 cm³/mol. The fourth-order valence-electron chi connectivity index (χ4n) is 5.52. The highest BCUT2D eigenvalue weighted by molar-refractivity contribution is 7.86. The SMILES string of the molecule is Cc1ccc(S(=O)(=O)OCc2ccc(OC(=O)OCC34C=CC(O3)C3C(=O)N(Cc5ccccc5)C(=O)C34)cc2)cc1. The molecule has 6 rings (SSSR count). The van der Waals surface area contributed by atoms with Crippen LogP contribution >= 0.6 is 0 Å². The van der Waals surface area contributed by atoms with Crippen molar-refractivity contribution < 1.29 is 41.2 Å². The molecule has 0 saturated carbocycles. The number of ether oxygens (including phenoxy) is 3. The second-order valence-corrected chi connectivity index (χ2v) is 12.1. The third-order valence-corrected chi connectivity index (χ3v) is 8.94. The largest absolute Gasteiger partial charge is 0.513 e. The first-order valence-electron chi connectivity index (χ1n) is 13.3. The van der Waals surface area contributed by atoms with E-state index in [-0.39, 0.29) is 42.2 Å². The molecule has 0 aromatic heterocycles. The standard InChI is InChI=1S/C31H27NO9S/c1-20-7-13-24(14-8-20)42(36,37)39-18-22-9-11-23(12-10-22)40-30(35)38-19-31-16-15-25(41-31)26-27(31)29(34)32(28(26)33)17-21-5-3-2-4-6-21/h2-16,25-27H,17-19H2,1H3. The predicted octanol–water partition coefficient (Wildman–Crippen LogP) is 3.92. The Morgan fingerprint density at radius 1 is 0.929 bits per heavy atom. The number of imide groups is 1. The van der Waals surface area contributed by atoms with Gasteiger partial charge in [0, 0.05) is 0 Å². The van der Waals surface area contributed by atoms with Gasteiger partial charge in [-0.1, -0.05) is 66.2 Å². The summed E-state index contributed by atoms with van der Waals surface area (Å²) in [7, 11) is -3.93. The van der Waals surface area contributed by atoms with E-state index in [9.17, 15) is 22.8 Å². The number of hydrogen-bond donors (Lipinski definition) is 0. The van der Waals surface area contributed by atoms with E-state index in [0.29, 0.717) is 5.56 Å². The van der Waals surface area contributed by atoms with Crippen molar-refractivity contribution in [3.8, 4) is 5.75 Å². The van der Waals surface area contributed by atoms with Crippen LogP contribution in [0.5, 0.6) is 5.75 Å². The molecule has 2 amide bonds. The van der Waals surface area contributed by atoms with E-state index >= 15 is 0 Å². The number of carbonyl (C=O) groups excluding carboxylic acids is 3. The molecule has 42 heavy (non-hydrogen) atoms. The molecule has 3 aliphatic heterocycles. The molecule has 2 fully saturated rings. The summed E-state index contributed by atoms with van der Waals surface area (Å²) in [5.41, 5.74) is 1.05. The van der Waals surface area contributed by atoms with Gasteiger partial charge >= 0.3 is 6.16 Å². The molecular formula is C31H27NO9S. The lowest BCUT2D eigenvalue weighted by Gasteiger charge is -2.28. The van der Waals surface area contributed by atoms with Gasteiger partial charge in [-0.25, -0.2) is 4.79 Å². The molecule has 216 valence electrons. The van der Waals surface area contributed by atoms with Crippen LogP contribution in [0.15, 0.2) is 95.9 Å². The number of amides is 2. The highest BCUT2D eigenvalue weighted by Crippen LogP contribution is 2.52. The lowest BCUT2D eigenvalue weighted by Crippen LogP contribution is -2.44. The summed E-state index contributed by atoms with van der Waals surface area (Å²) < 4.78 is 46.6. The summed E-state index contributed by atoms with van der Waals surface area (Å²) in [6, 6.07) is 21.6. The summed E-state index contributed by atoms with van der Waals surface area (Å²) in [6.07, 6.45) is 1.82. The first kappa shape index (κ1) is 27.8. The number of likely N-dealkylation sites (tertiary alicyclic amines) is 1. The Hall–Kier alpha value is -4.32. The zero-order valence-electron chi connectivity index (χ0n) is 22.5. The highest BCUT2D eigenvalue weighted by atomic mass is 32.2. The molecule has 11 heteroatoms. The van der Waals surface area contributed by atoms with Crippen LogP contribution in [0.2, 0.25) is 0 Å². The van der Waals surface area contributed by atoms with E-state index in [1.54, 1.807) is 36.4 Å². The average molecular weight is 590 g/mol. The molecule has 0 aliphatic carbocycles. The third kappa shape index (κ3) is 5.22. The molecule has 0 N–H and O–H groups in total. The molecule has 3 aromatic carbocycles. The highest BCUT2D eigenvalue weighted by Gasteiger charge is 2.68. The maximum atomic E-state index is 13.3. The van der Waals surface area contributed by atoms with Gasteiger partial charge in [-0.2, -0.15) is 8.42 Å². The van der Waals surface area contributed by atoms with Crippen LogP contribution in [0.1, 0.15) is 16.7 Å². The molecule has 3 aromatic rings. The Balaban J connectivity index is 1.04. The Morgan fingerprint density at radius 2 is 1.64 bits per heavy atom. The zero-order valence-corrected chi connectivity index (χ0v) is 23.4. The van der Waals surface area contributed by atoms with Crippen LogP contribution in [0.25, 0.3) is 0 Å². The minimum Gasteiger partial charge on any atom is -0.431 e. The molecule has 4 unspecified atom stereocenters. The number of aryl methyl sites for hydroxylation is 1. The van der Waals surface area contributed by atoms with Crippen molar-refractivity contribution in [2.45, 2.75) is 36.7 Å². The van der Waals surface area contributed by atoms with Crippen LogP contribution < -0.4 is 4.74 Å². The Labute approximate surface area is 242 Å². The Morgan fingerprint density at radius 3 is 2.36 bits per heavy atom. The van der Waals surface area contributed by atoms with Crippen LogP contribution in [-0.2, 0) is 46.5 Å². The van der Waals surface area contributed by atoms with Gasteiger partial charge in [0.15, 0.2) is 0 Å². The van der Waals surface area contributed by atoms with Crippen molar-refractivity contribution in [3.63, 3.8) is 0 Å². The van der Waals surface area contributed by atoms with Gasteiger partial charge in [-0.05, 0) is 48.4 Å². The minimum atomic E-state index is -3.93. The molecule has 0 spiro atoms. The molecule has 3 aliphatic rings. The molecule has 2 saturated heterocycles. The summed E-state index contributed by atoms with van der Waals surface area (Å²) in [5, 5.41) is 0. The summed E-state index contributed by atoms with van der Waals surface area (Å²) >= 11 is 0. The van der Waals surface area contributed by atoms with Crippen LogP contribution in [0.3, 0.4) is 0 Å². The van der Waals surface area contributed by atoms with Gasteiger partial charge in [0.2, 0.25) is 11.8 Å². The van der Waals surface area contributed by atoms with E-state index in [1.807, 2.05) is 37.3 Å². The van der Waals surface area contributed by atoms with Crippen LogP contribution in [0.4, 0.5) is 4.79 Å². The molecule has 4 atom stereocenters. The smallest absolute Gasteiger partial charge is 0.431 e. The fraction of sp³-hybridized carbons (Fsp3) is 0.258. The zero-order chi connectivity index (χ0) is 29.5. The van der Waals surface area contributed by atoms with Gasteiger partial charge < -0.3 is 14.2 Å². The topological polar surface area (TPSA) is 126 Å². The quantitative estimate of drug-likeness (QED) is 0.120. The summed E-state index contributed by atoms with van der Waals surface area (Å²) in [4.78, 5) is 40.3. The van der Waals surface area contributed by atoms with Crippen molar-refractivity contribution in [2.24, 2.45) is 11.8 Å². The van der Waals surface area contributed by atoms with Gasteiger partial charge in [0.1, 0.15) is 18.0 Å². The monoisotopic (exact) mass is 589 g/mol. The Bertz CT molecular complexity index is 1650. The molecule has 2 bridgehead atoms. The van der Waals surface area contributed by atoms with Crippen LogP contribution in [0, 0.1) is 18.8 Å². The number of rotatable bonds is 9. The van der Waals surface area contributed by atoms with Gasteiger partial charge in [0.05, 0.1) is 36.0 Å². The van der Waals surface area contributed by atoms with E-state index < -0.39 is 39.8 Å². The van der Waals surface area contributed by atoms with Crippen molar-refractivity contribution in [1.29, 1.82) is 0 Å². The average Bonchev–Trinajstić information content (AvgIpc) is 3.63. The first-order chi connectivity index (χ1) is 20.1. The molecule has 0 radical (unpaired) electrons. The molecular weight excluding hydrogens is 562 g/mol. The minimum absolute atomic E-state index is 0.0591. The van der Waals surface area contributed by atoms with E-state index in [2.05, 4.69) is 0 Å². The van der Waals surface area contributed by atoms with Crippen molar-refractivity contribution >= 4 is 28.1 Å². The van der Waals surface area contributed by atoms with Crippen molar-refractivity contribution in [3.05, 3.63) is 108 Å². The molecule has 10 nitrogen and oxygen atoms in total. The van der Waals surface area contributed by atoms with E-state index in [1.165, 1.54) is 29.2 Å². The number of fused-ring (bicyclic) bond motifs is 5.